The molecule has 2 aliphatic heterocycles. The van der Waals surface area contributed by atoms with E-state index in [2.05, 4.69) is 67.6 Å². The second kappa shape index (κ2) is 8.07. The van der Waals surface area contributed by atoms with Gasteiger partial charge in [0.05, 0.1) is 6.04 Å². The fourth-order valence-corrected chi connectivity index (χ4v) is 6.21. The molecule has 0 N–H and O–H groups in total. The molecule has 0 radical (unpaired) electrons. The second-order valence-electron chi connectivity index (χ2n) is 9.42. The molecule has 3 nitrogen and oxygen atoms in total. The lowest BCUT2D eigenvalue weighted by Crippen LogP contribution is -2.43. The maximum atomic E-state index is 13.2. The quantitative estimate of drug-likeness (QED) is 0.417. The number of amides is 1. The number of carbonyl (C=O) groups excluding carboxylic acids is 1. The van der Waals surface area contributed by atoms with Crippen LogP contribution < -0.4 is 0 Å². The van der Waals surface area contributed by atoms with Crippen LogP contribution in [0.15, 0.2) is 72.8 Å². The third-order valence-electron chi connectivity index (χ3n) is 7.36. The van der Waals surface area contributed by atoms with Crippen LogP contribution >= 0.6 is 11.6 Å². The maximum absolute atomic E-state index is 13.2. The van der Waals surface area contributed by atoms with E-state index in [-0.39, 0.29) is 24.1 Å². The molecule has 0 spiro atoms. The topological polar surface area (TPSA) is 29.5 Å². The summed E-state index contributed by atoms with van der Waals surface area (Å²) < 4.78 is 5.98. The lowest BCUT2D eigenvalue weighted by molar-refractivity contribution is 0.0866. The first kappa shape index (κ1) is 20.6. The lowest BCUT2D eigenvalue weighted by Gasteiger charge is -2.33. The zero-order valence-electron chi connectivity index (χ0n) is 18.6. The van der Waals surface area contributed by atoms with E-state index < -0.39 is 0 Å². The smallest absolute Gasteiger partial charge is 0.410 e. The van der Waals surface area contributed by atoms with E-state index in [1.807, 2.05) is 17.0 Å². The van der Waals surface area contributed by atoms with Crippen molar-refractivity contribution in [2.24, 2.45) is 0 Å². The highest BCUT2D eigenvalue weighted by Crippen LogP contribution is 2.45. The Bertz CT molecular complexity index is 1210. The van der Waals surface area contributed by atoms with Crippen molar-refractivity contribution in [1.82, 2.24) is 4.90 Å². The number of carbonyl (C=O) groups is 1. The Morgan fingerprint density at radius 1 is 1.00 bits per heavy atom. The first-order chi connectivity index (χ1) is 16.1. The second-order valence-corrected chi connectivity index (χ2v) is 9.86. The number of hydrogen-bond donors (Lipinski definition) is 0. The maximum Gasteiger partial charge on any atom is 0.410 e. The van der Waals surface area contributed by atoms with Crippen molar-refractivity contribution < 1.29 is 9.53 Å². The number of aryl methyl sites for hydroxylation is 1. The number of rotatable bonds is 3. The van der Waals surface area contributed by atoms with E-state index in [9.17, 15) is 4.79 Å². The van der Waals surface area contributed by atoms with Crippen LogP contribution in [0.4, 0.5) is 4.79 Å². The molecule has 1 saturated heterocycles. The predicted octanol–water partition coefficient (Wildman–Crippen LogP) is 7.22. The number of nitrogens with zero attached hydrogens (tertiary/aromatic N) is 1. The van der Waals surface area contributed by atoms with Gasteiger partial charge in [0, 0.05) is 17.0 Å². The van der Waals surface area contributed by atoms with Gasteiger partial charge in [-0.25, -0.2) is 4.79 Å². The standard InChI is InChI=1S/C29H26ClNO2/c1-18-12-19(14-21(30)13-18)20-15-22-10-11-23(16-20)31(22)29(32)33-17-28-26-8-4-2-6-24(26)25-7-3-5-9-27(25)28/h2-9,12-15,22-23,28H,10-11,16-17H2,1H3. The molecule has 33 heavy (non-hydrogen) atoms. The van der Waals surface area contributed by atoms with Crippen LogP contribution in [0.1, 0.15) is 47.4 Å². The summed E-state index contributed by atoms with van der Waals surface area (Å²) in [4.78, 5) is 15.2. The van der Waals surface area contributed by atoms with Gasteiger partial charge in [0.15, 0.2) is 0 Å². The largest absolute Gasteiger partial charge is 0.448 e. The van der Waals surface area contributed by atoms with Gasteiger partial charge in [-0.2, -0.15) is 0 Å². The highest BCUT2D eigenvalue weighted by Gasteiger charge is 2.41. The van der Waals surface area contributed by atoms with Crippen LogP contribution in [0.5, 0.6) is 0 Å². The van der Waals surface area contributed by atoms with Gasteiger partial charge in [-0.1, -0.05) is 72.3 Å². The number of halogens is 1. The molecule has 0 aromatic heterocycles. The molecular formula is C29H26ClNO2. The molecule has 166 valence electrons. The van der Waals surface area contributed by atoms with Gasteiger partial charge in [-0.15, -0.1) is 0 Å². The van der Waals surface area contributed by atoms with Crippen LogP contribution in [-0.4, -0.2) is 29.7 Å². The fraction of sp³-hybridized carbons (Fsp3) is 0.276. The Morgan fingerprint density at radius 2 is 1.70 bits per heavy atom. The number of benzene rings is 3. The molecule has 6 rings (SSSR count). The molecule has 3 aliphatic rings. The fourth-order valence-electron chi connectivity index (χ4n) is 5.92. The van der Waals surface area contributed by atoms with Gasteiger partial charge in [0.2, 0.25) is 0 Å². The highest BCUT2D eigenvalue weighted by molar-refractivity contribution is 6.30. The molecule has 2 heterocycles. The summed E-state index contributed by atoms with van der Waals surface area (Å²) in [7, 11) is 0. The summed E-state index contributed by atoms with van der Waals surface area (Å²) in [5, 5.41) is 0.761. The average molecular weight is 456 g/mol. The number of hydrogen-bond acceptors (Lipinski definition) is 2. The van der Waals surface area contributed by atoms with Gasteiger partial charge >= 0.3 is 6.09 Å². The summed E-state index contributed by atoms with van der Waals surface area (Å²) >= 11 is 6.30. The van der Waals surface area contributed by atoms with E-state index in [4.69, 9.17) is 16.3 Å². The normalized spacial score (nSPS) is 20.9. The SMILES string of the molecule is Cc1cc(Cl)cc(C2=CC3CCC(C2)N3C(=O)OCC2c3ccccc3-c3ccccc32)c1. The summed E-state index contributed by atoms with van der Waals surface area (Å²) in [5.41, 5.74) is 8.59. The zero-order chi connectivity index (χ0) is 22.5. The minimum absolute atomic E-state index is 0.0873. The molecule has 0 saturated carbocycles. The zero-order valence-corrected chi connectivity index (χ0v) is 19.4. The minimum atomic E-state index is -0.193. The van der Waals surface area contributed by atoms with Gasteiger partial charge < -0.3 is 4.74 Å². The summed E-state index contributed by atoms with van der Waals surface area (Å²) in [6.45, 7) is 2.43. The van der Waals surface area contributed by atoms with Crippen molar-refractivity contribution in [3.63, 3.8) is 0 Å². The van der Waals surface area contributed by atoms with Crippen molar-refractivity contribution in [2.45, 2.75) is 44.2 Å². The molecule has 1 fully saturated rings. The monoisotopic (exact) mass is 455 g/mol. The molecule has 3 aromatic rings. The van der Waals surface area contributed by atoms with Crippen LogP contribution in [0.2, 0.25) is 5.02 Å². The van der Waals surface area contributed by atoms with Crippen LogP contribution in [-0.2, 0) is 4.74 Å². The molecule has 2 bridgehead atoms. The van der Waals surface area contributed by atoms with Crippen LogP contribution in [0, 0.1) is 6.92 Å². The minimum Gasteiger partial charge on any atom is -0.448 e. The third-order valence-corrected chi connectivity index (χ3v) is 7.57. The van der Waals surface area contributed by atoms with E-state index in [1.165, 1.54) is 33.4 Å². The van der Waals surface area contributed by atoms with Crippen molar-refractivity contribution in [3.8, 4) is 11.1 Å². The van der Waals surface area contributed by atoms with Crippen LogP contribution in [0.3, 0.4) is 0 Å². The van der Waals surface area contributed by atoms with E-state index in [0.717, 1.165) is 29.8 Å². The number of fused-ring (bicyclic) bond motifs is 5. The summed E-state index contributed by atoms with van der Waals surface area (Å²) in [5.74, 6) is 0.0873. The summed E-state index contributed by atoms with van der Waals surface area (Å²) in [6, 6.07) is 23.4. The molecule has 4 heteroatoms. The van der Waals surface area contributed by atoms with Gasteiger partial charge in [0.25, 0.3) is 0 Å². The van der Waals surface area contributed by atoms with Crippen molar-refractivity contribution in [1.29, 1.82) is 0 Å². The Hall–Kier alpha value is -3.04. The van der Waals surface area contributed by atoms with Gasteiger partial charge in [0.1, 0.15) is 6.61 Å². The highest BCUT2D eigenvalue weighted by atomic mass is 35.5. The Labute approximate surface area is 199 Å². The molecule has 3 aromatic carbocycles. The van der Waals surface area contributed by atoms with Crippen LogP contribution in [0.25, 0.3) is 16.7 Å². The molecule has 2 atom stereocenters. The number of ether oxygens (including phenoxy) is 1. The van der Waals surface area contributed by atoms with Gasteiger partial charge in [-0.3, -0.25) is 4.90 Å². The molecule has 2 unspecified atom stereocenters. The van der Waals surface area contributed by atoms with E-state index in [1.54, 1.807) is 0 Å². The van der Waals surface area contributed by atoms with E-state index >= 15 is 0 Å². The molecule has 1 amide bonds. The van der Waals surface area contributed by atoms with Crippen molar-refractivity contribution >= 4 is 23.3 Å². The summed E-state index contributed by atoms with van der Waals surface area (Å²) in [6.07, 6.45) is 4.89. The molecule has 1 aliphatic carbocycles. The van der Waals surface area contributed by atoms with E-state index in [0.29, 0.717) is 6.61 Å². The predicted molar refractivity (Wildman–Crippen MR) is 133 cm³/mol. The van der Waals surface area contributed by atoms with Crippen molar-refractivity contribution in [3.05, 3.63) is 100 Å². The first-order valence-electron chi connectivity index (χ1n) is 11.7. The lowest BCUT2D eigenvalue weighted by atomic mass is 9.94. The Kier molecular flexibility index (Phi) is 5.03. The van der Waals surface area contributed by atoms with Gasteiger partial charge in [-0.05, 0) is 77.3 Å². The first-order valence-corrected chi connectivity index (χ1v) is 12.1. The van der Waals surface area contributed by atoms with Crippen molar-refractivity contribution in [2.75, 3.05) is 6.61 Å². The molecular weight excluding hydrogens is 430 g/mol. The third kappa shape index (κ3) is 3.55. The average Bonchev–Trinajstić information content (AvgIpc) is 3.27. The Balaban J connectivity index is 1.21. The Morgan fingerprint density at radius 3 is 2.36 bits per heavy atom.